The van der Waals surface area contributed by atoms with Gasteiger partial charge in [-0.3, -0.25) is 24.1 Å². The number of rotatable bonds is 5. The molecule has 2 heterocycles. The summed E-state index contributed by atoms with van der Waals surface area (Å²) in [4.78, 5) is 44.8. The lowest BCUT2D eigenvalue weighted by molar-refractivity contribution is -0.141. The second kappa shape index (κ2) is 8.46. The SMILES string of the molecule is [C-]#[N+][C@@H]1C[C@@]2(CN1C(=O)C(CC(C)C)C(=O)Nc1ccccc1)C(=O)Nc1ccccc12. The molecule has 2 aliphatic rings. The molecule has 0 aliphatic carbocycles. The van der Waals surface area contributed by atoms with Gasteiger partial charge in [0.25, 0.3) is 0 Å². The molecule has 1 saturated heterocycles. The van der Waals surface area contributed by atoms with E-state index in [-0.39, 0.29) is 24.8 Å². The van der Waals surface area contributed by atoms with Crippen LogP contribution in [0.4, 0.5) is 11.4 Å². The van der Waals surface area contributed by atoms with Crippen molar-refractivity contribution in [2.24, 2.45) is 11.8 Å². The number of benzene rings is 2. The van der Waals surface area contributed by atoms with Gasteiger partial charge in [-0.15, -0.1) is 0 Å². The molecular formula is C25H26N4O3. The minimum atomic E-state index is -0.959. The van der Waals surface area contributed by atoms with Gasteiger partial charge >= 0.3 is 6.17 Å². The van der Waals surface area contributed by atoms with Crippen molar-refractivity contribution in [2.45, 2.75) is 38.3 Å². The van der Waals surface area contributed by atoms with Crippen molar-refractivity contribution in [3.8, 4) is 0 Å². The fraction of sp³-hybridized carbons (Fsp3) is 0.360. The van der Waals surface area contributed by atoms with Crippen LogP contribution in [0, 0.1) is 18.4 Å². The minimum Gasteiger partial charge on any atom is -0.325 e. The predicted octanol–water partition coefficient (Wildman–Crippen LogP) is 3.66. The molecule has 2 aliphatic heterocycles. The number of nitrogens with zero attached hydrogens (tertiary/aromatic N) is 2. The maximum atomic E-state index is 13.6. The Bertz CT molecular complexity index is 1090. The number of hydrogen-bond acceptors (Lipinski definition) is 3. The van der Waals surface area contributed by atoms with E-state index in [4.69, 9.17) is 6.57 Å². The highest BCUT2D eigenvalue weighted by Gasteiger charge is 2.59. The van der Waals surface area contributed by atoms with Gasteiger partial charge in [-0.2, -0.15) is 0 Å². The van der Waals surface area contributed by atoms with E-state index in [1.807, 2.05) is 56.3 Å². The van der Waals surface area contributed by atoms with Crippen molar-refractivity contribution in [3.63, 3.8) is 0 Å². The van der Waals surface area contributed by atoms with Crippen LogP contribution in [0.3, 0.4) is 0 Å². The van der Waals surface area contributed by atoms with E-state index in [9.17, 15) is 14.4 Å². The highest BCUT2D eigenvalue weighted by molar-refractivity contribution is 6.09. The zero-order chi connectivity index (χ0) is 22.9. The quantitative estimate of drug-likeness (QED) is 0.561. The molecule has 0 radical (unpaired) electrons. The second-order valence-electron chi connectivity index (χ2n) is 8.90. The normalized spacial score (nSPS) is 22.4. The van der Waals surface area contributed by atoms with Crippen molar-refractivity contribution in [3.05, 3.63) is 71.6 Å². The molecule has 32 heavy (non-hydrogen) atoms. The van der Waals surface area contributed by atoms with Crippen LogP contribution in [-0.2, 0) is 19.8 Å². The Hall–Kier alpha value is -3.66. The van der Waals surface area contributed by atoms with Gasteiger partial charge in [0.2, 0.25) is 17.7 Å². The lowest BCUT2D eigenvalue weighted by Gasteiger charge is -2.25. The van der Waals surface area contributed by atoms with Crippen LogP contribution in [0.5, 0.6) is 0 Å². The van der Waals surface area contributed by atoms with Crippen LogP contribution >= 0.6 is 0 Å². The third-order valence-electron chi connectivity index (χ3n) is 6.25. The number of likely N-dealkylation sites (tertiary alicyclic amines) is 1. The summed E-state index contributed by atoms with van der Waals surface area (Å²) in [7, 11) is 0. The maximum absolute atomic E-state index is 13.6. The van der Waals surface area contributed by atoms with E-state index >= 15 is 0 Å². The van der Waals surface area contributed by atoms with Crippen molar-refractivity contribution in [2.75, 3.05) is 17.2 Å². The molecule has 2 aromatic carbocycles. The number of hydrogen-bond donors (Lipinski definition) is 2. The first-order valence-corrected chi connectivity index (χ1v) is 10.8. The molecule has 164 valence electrons. The zero-order valence-corrected chi connectivity index (χ0v) is 18.2. The molecule has 2 N–H and O–H groups in total. The fourth-order valence-electron chi connectivity index (χ4n) is 4.70. The van der Waals surface area contributed by atoms with E-state index in [0.29, 0.717) is 12.1 Å². The molecule has 0 bridgehead atoms. The zero-order valence-electron chi connectivity index (χ0n) is 18.2. The molecular weight excluding hydrogens is 404 g/mol. The first kappa shape index (κ1) is 21.6. The second-order valence-corrected chi connectivity index (χ2v) is 8.90. The first-order chi connectivity index (χ1) is 15.4. The van der Waals surface area contributed by atoms with Crippen LogP contribution in [0.2, 0.25) is 0 Å². The molecule has 7 heteroatoms. The molecule has 7 nitrogen and oxygen atoms in total. The van der Waals surface area contributed by atoms with E-state index in [1.165, 1.54) is 4.90 Å². The molecule has 2 aromatic rings. The number of anilines is 2. The van der Waals surface area contributed by atoms with Gasteiger partial charge in [0, 0.05) is 17.9 Å². The molecule has 3 atom stereocenters. The Morgan fingerprint density at radius 3 is 2.56 bits per heavy atom. The van der Waals surface area contributed by atoms with Crippen molar-refractivity contribution < 1.29 is 14.4 Å². The Morgan fingerprint density at radius 1 is 1.19 bits per heavy atom. The molecule has 1 fully saturated rings. The van der Waals surface area contributed by atoms with Crippen molar-refractivity contribution in [1.82, 2.24) is 4.90 Å². The Labute approximate surface area is 187 Å². The molecule has 1 spiro atoms. The number of fused-ring (bicyclic) bond motifs is 2. The average molecular weight is 431 g/mol. The van der Waals surface area contributed by atoms with Crippen LogP contribution in [0.25, 0.3) is 4.85 Å². The van der Waals surface area contributed by atoms with E-state index in [0.717, 1.165) is 11.3 Å². The van der Waals surface area contributed by atoms with Gasteiger partial charge in [0.05, 0.1) is 6.42 Å². The number of para-hydroxylation sites is 2. The molecule has 4 rings (SSSR count). The van der Waals surface area contributed by atoms with Gasteiger partial charge in [0.1, 0.15) is 11.3 Å². The first-order valence-electron chi connectivity index (χ1n) is 10.8. The van der Waals surface area contributed by atoms with E-state index in [2.05, 4.69) is 15.5 Å². The minimum absolute atomic E-state index is 0.0922. The Morgan fingerprint density at radius 2 is 1.88 bits per heavy atom. The highest BCUT2D eigenvalue weighted by atomic mass is 16.2. The third kappa shape index (κ3) is 3.73. The molecule has 0 aromatic heterocycles. The van der Waals surface area contributed by atoms with E-state index in [1.54, 1.807) is 12.1 Å². The number of carbonyl (C=O) groups excluding carboxylic acids is 3. The topological polar surface area (TPSA) is 82.9 Å². The predicted molar refractivity (Wildman–Crippen MR) is 121 cm³/mol. The fourth-order valence-corrected chi connectivity index (χ4v) is 4.70. The molecule has 1 unspecified atom stereocenters. The van der Waals surface area contributed by atoms with Crippen LogP contribution < -0.4 is 10.6 Å². The smallest absolute Gasteiger partial charge is 0.302 e. The Kier molecular flexibility index (Phi) is 5.70. The maximum Gasteiger partial charge on any atom is 0.302 e. The summed E-state index contributed by atoms with van der Waals surface area (Å²) in [6, 6.07) is 16.4. The van der Waals surface area contributed by atoms with Crippen LogP contribution in [-0.4, -0.2) is 35.3 Å². The van der Waals surface area contributed by atoms with E-state index < -0.39 is 29.3 Å². The van der Waals surface area contributed by atoms with Crippen molar-refractivity contribution in [1.29, 1.82) is 0 Å². The summed E-state index contributed by atoms with van der Waals surface area (Å²) in [5.74, 6) is -1.83. The monoisotopic (exact) mass is 430 g/mol. The van der Waals surface area contributed by atoms with Crippen LogP contribution in [0.1, 0.15) is 32.3 Å². The standard InChI is InChI=1S/C25H26N4O3/c1-16(2)13-18(22(30)27-17-9-5-4-6-10-17)23(31)29-15-25(14-21(29)26-3)19-11-7-8-12-20(19)28-24(25)32/h4-12,16,18,21H,13-15H2,1-2H3,(H,27,30)(H,28,32)/t18?,21-,25-/m0/s1. The summed E-state index contributed by atoms with van der Waals surface area (Å²) in [5.41, 5.74) is 1.18. The largest absolute Gasteiger partial charge is 0.325 e. The summed E-state index contributed by atoms with van der Waals surface area (Å²) < 4.78 is 0. The van der Waals surface area contributed by atoms with Gasteiger partial charge in [0.15, 0.2) is 0 Å². The van der Waals surface area contributed by atoms with Gasteiger partial charge in [-0.1, -0.05) is 50.2 Å². The molecule has 0 saturated carbocycles. The Balaban J connectivity index is 1.63. The number of amides is 3. The summed E-state index contributed by atoms with van der Waals surface area (Å²) in [6.07, 6.45) is -0.215. The summed E-state index contributed by atoms with van der Waals surface area (Å²) in [6.45, 7) is 11.7. The van der Waals surface area contributed by atoms with Gasteiger partial charge in [-0.05, 0) is 36.1 Å². The van der Waals surface area contributed by atoms with Crippen molar-refractivity contribution >= 4 is 29.1 Å². The summed E-state index contributed by atoms with van der Waals surface area (Å²) >= 11 is 0. The lowest BCUT2D eigenvalue weighted by Crippen LogP contribution is -2.45. The van der Waals surface area contributed by atoms with Gasteiger partial charge < -0.3 is 10.6 Å². The number of nitrogens with one attached hydrogen (secondary N) is 2. The average Bonchev–Trinajstić information content (AvgIpc) is 3.31. The third-order valence-corrected chi connectivity index (χ3v) is 6.25. The van der Waals surface area contributed by atoms with Gasteiger partial charge in [-0.25, -0.2) is 6.57 Å². The molecule has 3 amide bonds. The summed E-state index contributed by atoms with van der Waals surface area (Å²) in [5, 5.41) is 5.72. The highest BCUT2D eigenvalue weighted by Crippen LogP contribution is 2.47. The number of carbonyl (C=O) groups is 3. The lowest BCUT2D eigenvalue weighted by atomic mass is 9.80. The van der Waals surface area contributed by atoms with Crippen LogP contribution in [0.15, 0.2) is 54.6 Å².